The Morgan fingerprint density at radius 3 is 2.47 bits per heavy atom. The molecule has 0 radical (unpaired) electrons. The number of benzene rings is 1. The van der Waals surface area contributed by atoms with Crippen molar-refractivity contribution < 1.29 is 0 Å². The first-order valence-electron chi connectivity index (χ1n) is 6.45. The second kappa shape index (κ2) is 8.22. The zero-order valence-corrected chi connectivity index (χ0v) is 14.2. The van der Waals surface area contributed by atoms with Gasteiger partial charge >= 0.3 is 0 Å². The van der Waals surface area contributed by atoms with Crippen LogP contribution in [0, 0.1) is 0 Å². The highest BCUT2D eigenvalue weighted by atomic mass is 79.9. The van der Waals surface area contributed by atoms with E-state index in [4.69, 9.17) is 17.3 Å². The zero-order valence-electron chi connectivity index (χ0n) is 11.9. The second-order valence-electron chi connectivity index (χ2n) is 5.06. The number of halogens is 2. The van der Waals surface area contributed by atoms with E-state index in [2.05, 4.69) is 52.9 Å². The Morgan fingerprint density at radius 2 is 1.95 bits per heavy atom. The molecule has 0 aliphatic carbocycles. The Morgan fingerprint density at radius 1 is 1.26 bits per heavy atom. The molecule has 0 spiro atoms. The molecule has 3 nitrogen and oxygen atoms in total. The van der Waals surface area contributed by atoms with Gasteiger partial charge in [-0.05, 0) is 74.3 Å². The van der Waals surface area contributed by atoms with Gasteiger partial charge in [0, 0.05) is 17.1 Å². The van der Waals surface area contributed by atoms with Gasteiger partial charge in [0.15, 0.2) is 0 Å². The lowest BCUT2D eigenvalue weighted by Gasteiger charge is -2.28. The summed E-state index contributed by atoms with van der Waals surface area (Å²) in [4.78, 5) is 4.50. The first-order valence-corrected chi connectivity index (χ1v) is 7.62. The first kappa shape index (κ1) is 16.9. The zero-order chi connectivity index (χ0) is 14.4. The van der Waals surface area contributed by atoms with Crippen LogP contribution in [0.3, 0.4) is 0 Å². The van der Waals surface area contributed by atoms with Gasteiger partial charge in [0.05, 0.1) is 5.02 Å². The van der Waals surface area contributed by atoms with Gasteiger partial charge in [-0.3, -0.25) is 4.90 Å². The van der Waals surface area contributed by atoms with Crippen LogP contribution in [-0.2, 0) is 0 Å². The quantitative estimate of drug-likeness (QED) is 0.822. The minimum Gasteiger partial charge on any atom is -0.329 e. The van der Waals surface area contributed by atoms with Crippen molar-refractivity contribution in [1.82, 2.24) is 9.80 Å². The van der Waals surface area contributed by atoms with Gasteiger partial charge in [-0.2, -0.15) is 0 Å². The average molecular weight is 349 g/mol. The number of hydrogen-bond donors (Lipinski definition) is 1. The van der Waals surface area contributed by atoms with Crippen molar-refractivity contribution in [1.29, 1.82) is 0 Å². The number of rotatable bonds is 7. The van der Waals surface area contributed by atoms with Crippen molar-refractivity contribution in [3.8, 4) is 0 Å². The largest absolute Gasteiger partial charge is 0.329 e. The van der Waals surface area contributed by atoms with Crippen molar-refractivity contribution >= 4 is 27.5 Å². The molecule has 0 aliphatic heterocycles. The van der Waals surface area contributed by atoms with Crippen LogP contribution >= 0.6 is 27.5 Å². The highest BCUT2D eigenvalue weighted by Gasteiger charge is 2.16. The van der Waals surface area contributed by atoms with Gasteiger partial charge in [-0.15, -0.1) is 0 Å². The van der Waals surface area contributed by atoms with Gasteiger partial charge in [0.25, 0.3) is 0 Å². The number of nitrogens with two attached hydrogens (primary N) is 1. The Balaban J connectivity index is 2.67. The third-order valence-electron chi connectivity index (χ3n) is 3.20. The van der Waals surface area contributed by atoms with Gasteiger partial charge in [-0.25, -0.2) is 0 Å². The molecule has 108 valence electrons. The molecule has 0 aromatic heterocycles. The van der Waals surface area contributed by atoms with Crippen molar-refractivity contribution in [2.24, 2.45) is 5.73 Å². The standard InChI is InChI=1S/C14H23BrClN3/c1-18(2)7-4-8-19(3)14(10-17)11-5-6-13(16)12(15)9-11/h5-6,9,14H,4,7-8,10,17H2,1-3H3. The fraction of sp³-hybridized carbons (Fsp3) is 0.571. The lowest BCUT2D eigenvalue weighted by molar-refractivity contribution is 0.235. The van der Waals surface area contributed by atoms with Gasteiger partial charge in [0.1, 0.15) is 0 Å². The van der Waals surface area contributed by atoms with E-state index < -0.39 is 0 Å². The number of likely N-dealkylation sites (N-methyl/N-ethyl adjacent to an activating group) is 1. The Kier molecular flexibility index (Phi) is 7.32. The molecule has 1 rings (SSSR count). The lowest BCUT2D eigenvalue weighted by atomic mass is 10.1. The van der Waals surface area contributed by atoms with Crippen LogP contribution in [0.2, 0.25) is 5.02 Å². The van der Waals surface area contributed by atoms with Crippen molar-refractivity contribution in [2.45, 2.75) is 12.5 Å². The maximum absolute atomic E-state index is 6.03. The minimum atomic E-state index is 0.232. The fourth-order valence-electron chi connectivity index (χ4n) is 2.08. The molecule has 1 aromatic rings. The summed E-state index contributed by atoms with van der Waals surface area (Å²) in [6, 6.07) is 6.25. The van der Waals surface area contributed by atoms with Crippen LogP contribution in [0.4, 0.5) is 0 Å². The highest BCUT2D eigenvalue weighted by Crippen LogP contribution is 2.27. The molecule has 0 saturated heterocycles. The summed E-state index contributed by atoms with van der Waals surface area (Å²) in [5.41, 5.74) is 7.13. The lowest BCUT2D eigenvalue weighted by Crippen LogP contribution is -2.32. The van der Waals surface area contributed by atoms with E-state index in [1.165, 1.54) is 5.56 Å². The summed E-state index contributed by atoms with van der Waals surface area (Å²) >= 11 is 9.50. The van der Waals surface area contributed by atoms with E-state index in [9.17, 15) is 0 Å². The van der Waals surface area contributed by atoms with E-state index in [1.54, 1.807) is 0 Å². The Labute approximate surface area is 129 Å². The molecule has 0 amide bonds. The summed E-state index contributed by atoms with van der Waals surface area (Å²) in [6.45, 7) is 2.72. The molecular formula is C14H23BrClN3. The van der Waals surface area contributed by atoms with Crippen LogP contribution in [-0.4, -0.2) is 50.6 Å². The summed E-state index contributed by atoms with van der Waals surface area (Å²) in [5.74, 6) is 0. The maximum Gasteiger partial charge on any atom is 0.0548 e. The van der Waals surface area contributed by atoms with Crippen LogP contribution in [0.5, 0.6) is 0 Å². The molecular weight excluding hydrogens is 326 g/mol. The molecule has 1 atom stereocenters. The smallest absolute Gasteiger partial charge is 0.0548 e. The first-order chi connectivity index (χ1) is 8.95. The van der Waals surface area contributed by atoms with Crippen molar-refractivity contribution in [2.75, 3.05) is 40.8 Å². The van der Waals surface area contributed by atoms with Gasteiger partial charge in [-0.1, -0.05) is 17.7 Å². The SMILES string of the molecule is CN(C)CCCN(C)C(CN)c1ccc(Cl)c(Br)c1. The molecule has 0 saturated carbocycles. The highest BCUT2D eigenvalue weighted by molar-refractivity contribution is 9.10. The number of nitrogens with zero attached hydrogens (tertiary/aromatic N) is 2. The van der Waals surface area contributed by atoms with E-state index in [0.29, 0.717) is 6.54 Å². The Bertz CT molecular complexity index is 398. The van der Waals surface area contributed by atoms with Crippen LogP contribution in [0.25, 0.3) is 0 Å². The van der Waals surface area contributed by atoms with Crippen molar-refractivity contribution in [3.63, 3.8) is 0 Å². The van der Waals surface area contributed by atoms with Crippen LogP contribution in [0.15, 0.2) is 22.7 Å². The molecule has 0 heterocycles. The molecule has 0 bridgehead atoms. The summed E-state index contributed by atoms with van der Waals surface area (Å²) in [7, 11) is 6.31. The van der Waals surface area contributed by atoms with E-state index in [1.807, 2.05) is 12.1 Å². The normalized spacial score (nSPS) is 13.3. The topological polar surface area (TPSA) is 32.5 Å². The number of hydrogen-bond acceptors (Lipinski definition) is 3. The van der Waals surface area contributed by atoms with E-state index >= 15 is 0 Å². The molecule has 19 heavy (non-hydrogen) atoms. The predicted molar refractivity (Wildman–Crippen MR) is 86.7 cm³/mol. The average Bonchev–Trinajstić information content (AvgIpc) is 2.34. The Hall–Kier alpha value is -0.130. The third-order valence-corrected chi connectivity index (χ3v) is 4.41. The molecule has 1 unspecified atom stereocenters. The molecule has 2 N–H and O–H groups in total. The second-order valence-corrected chi connectivity index (χ2v) is 6.32. The molecule has 0 fully saturated rings. The van der Waals surface area contributed by atoms with E-state index in [-0.39, 0.29) is 6.04 Å². The van der Waals surface area contributed by atoms with Crippen LogP contribution in [0.1, 0.15) is 18.0 Å². The third kappa shape index (κ3) is 5.40. The van der Waals surface area contributed by atoms with Gasteiger partial charge < -0.3 is 10.6 Å². The monoisotopic (exact) mass is 347 g/mol. The van der Waals surface area contributed by atoms with Crippen LogP contribution < -0.4 is 5.73 Å². The van der Waals surface area contributed by atoms with Crippen molar-refractivity contribution in [3.05, 3.63) is 33.3 Å². The summed E-state index contributed by atoms with van der Waals surface area (Å²) in [6.07, 6.45) is 1.13. The molecule has 5 heteroatoms. The fourth-order valence-corrected chi connectivity index (χ4v) is 2.60. The summed E-state index contributed by atoms with van der Waals surface area (Å²) < 4.78 is 0.923. The maximum atomic E-state index is 6.03. The predicted octanol–water partition coefficient (Wildman–Crippen LogP) is 2.99. The summed E-state index contributed by atoms with van der Waals surface area (Å²) in [5, 5.41) is 0.731. The molecule has 0 aliphatic rings. The molecule has 1 aromatic carbocycles. The van der Waals surface area contributed by atoms with E-state index in [0.717, 1.165) is 29.0 Å². The minimum absolute atomic E-state index is 0.232. The van der Waals surface area contributed by atoms with Gasteiger partial charge in [0.2, 0.25) is 0 Å².